The Kier molecular flexibility index (Phi) is 6.01. The van der Waals surface area contributed by atoms with E-state index >= 15 is 0 Å². The van der Waals surface area contributed by atoms with Gasteiger partial charge >= 0.3 is 0 Å². The second-order valence-corrected chi connectivity index (χ2v) is 7.19. The highest BCUT2D eigenvalue weighted by molar-refractivity contribution is 6.34. The summed E-state index contributed by atoms with van der Waals surface area (Å²) in [5, 5.41) is 0.288. The maximum Gasteiger partial charge on any atom is 0.262 e. The Labute approximate surface area is 176 Å². The van der Waals surface area contributed by atoms with E-state index in [1.165, 1.54) is 38.2 Å². The molecular weight excluding hydrogens is 419 g/mol. The average Bonchev–Trinajstić information content (AvgIpc) is 2.67. The van der Waals surface area contributed by atoms with Gasteiger partial charge in [0.1, 0.15) is 11.6 Å². The number of nitrogens with zero attached hydrogens (tertiary/aromatic N) is 1. The molecule has 0 bridgehead atoms. The summed E-state index contributed by atoms with van der Waals surface area (Å²) in [5.74, 6) is -2.43. The molecule has 7 heteroatoms. The van der Waals surface area contributed by atoms with Crippen LogP contribution in [0.25, 0.3) is 11.1 Å². The molecule has 3 aromatic carbocycles. The van der Waals surface area contributed by atoms with E-state index in [0.717, 1.165) is 11.0 Å². The van der Waals surface area contributed by atoms with E-state index in [1.807, 2.05) is 0 Å². The van der Waals surface area contributed by atoms with Crippen molar-refractivity contribution >= 4 is 40.6 Å². The highest BCUT2D eigenvalue weighted by Gasteiger charge is 2.23. The third-order valence-electron chi connectivity index (χ3n) is 4.47. The van der Waals surface area contributed by atoms with Crippen molar-refractivity contribution in [2.45, 2.75) is 6.92 Å². The predicted molar refractivity (Wildman–Crippen MR) is 111 cm³/mol. The Morgan fingerprint density at radius 1 is 0.897 bits per heavy atom. The number of amides is 1. The fraction of sp³-hybridized carbons (Fsp3) is 0.0909. The largest absolute Gasteiger partial charge is 0.309 e. The van der Waals surface area contributed by atoms with Crippen LogP contribution in [0.2, 0.25) is 10.0 Å². The van der Waals surface area contributed by atoms with Gasteiger partial charge in [0.05, 0.1) is 16.3 Å². The van der Waals surface area contributed by atoms with E-state index in [0.29, 0.717) is 21.7 Å². The van der Waals surface area contributed by atoms with Gasteiger partial charge in [-0.3, -0.25) is 9.59 Å². The van der Waals surface area contributed by atoms with Crippen LogP contribution in [0.5, 0.6) is 0 Å². The first-order valence-electron chi connectivity index (χ1n) is 8.53. The van der Waals surface area contributed by atoms with Gasteiger partial charge in [0.15, 0.2) is 5.78 Å². The Morgan fingerprint density at radius 2 is 1.62 bits per heavy atom. The van der Waals surface area contributed by atoms with Gasteiger partial charge in [-0.15, -0.1) is 0 Å². The van der Waals surface area contributed by atoms with Gasteiger partial charge in [0, 0.05) is 23.2 Å². The quantitative estimate of drug-likeness (QED) is 0.445. The minimum atomic E-state index is -0.792. The van der Waals surface area contributed by atoms with E-state index in [4.69, 9.17) is 23.2 Å². The van der Waals surface area contributed by atoms with E-state index in [1.54, 1.807) is 24.3 Å². The van der Waals surface area contributed by atoms with Gasteiger partial charge in [-0.05, 0) is 55.0 Å². The molecule has 29 heavy (non-hydrogen) atoms. The Hall–Kier alpha value is -2.76. The molecule has 0 atom stereocenters. The van der Waals surface area contributed by atoms with Gasteiger partial charge in [-0.25, -0.2) is 8.78 Å². The maximum atomic E-state index is 14.8. The summed E-state index contributed by atoms with van der Waals surface area (Å²) >= 11 is 12.1. The lowest BCUT2D eigenvalue weighted by molar-refractivity contribution is 0.0986. The average molecular weight is 434 g/mol. The maximum absolute atomic E-state index is 14.8. The van der Waals surface area contributed by atoms with Crippen molar-refractivity contribution in [1.29, 1.82) is 0 Å². The first-order valence-corrected chi connectivity index (χ1v) is 9.28. The normalized spacial score (nSPS) is 10.7. The Balaban J connectivity index is 1.99. The van der Waals surface area contributed by atoms with E-state index in [9.17, 15) is 18.4 Å². The Bertz CT molecular complexity index is 1110. The van der Waals surface area contributed by atoms with E-state index in [-0.39, 0.29) is 22.1 Å². The highest BCUT2D eigenvalue weighted by Crippen LogP contribution is 2.33. The monoisotopic (exact) mass is 433 g/mol. The Morgan fingerprint density at radius 3 is 2.24 bits per heavy atom. The first kappa shape index (κ1) is 21.0. The van der Waals surface area contributed by atoms with Crippen LogP contribution in [0.15, 0.2) is 54.6 Å². The standard InChI is InChI=1S/C22H15Cl2F2NO2/c1-12(28)13-6-8-16(23)15(10-13)14-7-9-20(19(26)11-14)27(2)22(29)21-17(24)4-3-5-18(21)25/h3-11H,1-2H3. The second kappa shape index (κ2) is 8.31. The zero-order chi connectivity index (χ0) is 21.3. The minimum absolute atomic E-state index is 0.0584. The summed E-state index contributed by atoms with van der Waals surface area (Å²) in [4.78, 5) is 25.2. The molecule has 0 aliphatic carbocycles. The summed E-state index contributed by atoms with van der Waals surface area (Å²) in [6, 6.07) is 12.7. The van der Waals surface area contributed by atoms with Crippen molar-refractivity contribution < 1.29 is 18.4 Å². The van der Waals surface area contributed by atoms with Crippen molar-refractivity contribution in [3.8, 4) is 11.1 Å². The number of carbonyl (C=O) groups is 2. The molecular formula is C22H15Cl2F2NO2. The van der Waals surface area contributed by atoms with E-state index < -0.39 is 17.5 Å². The molecule has 0 fully saturated rings. The molecule has 3 rings (SSSR count). The zero-order valence-corrected chi connectivity index (χ0v) is 17.0. The minimum Gasteiger partial charge on any atom is -0.309 e. The lowest BCUT2D eigenvalue weighted by atomic mass is 10.0. The molecule has 0 spiro atoms. The van der Waals surface area contributed by atoms with Crippen LogP contribution in [0.3, 0.4) is 0 Å². The molecule has 0 aliphatic rings. The third-order valence-corrected chi connectivity index (χ3v) is 5.12. The predicted octanol–water partition coefficient (Wildman–Crippen LogP) is 6.42. The molecule has 148 valence electrons. The number of Topliss-reactive ketones (excluding diaryl/α,β-unsaturated/α-hetero) is 1. The topological polar surface area (TPSA) is 37.4 Å². The molecule has 0 N–H and O–H groups in total. The molecule has 0 unspecified atom stereocenters. The summed E-state index contributed by atoms with van der Waals surface area (Å²) in [7, 11) is 1.33. The van der Waals surface area contributed by atoms with Crippen LogP contribution in [0, 0.1) is 11.6 Å². The van der Waals surface area contributed by atoms with E-state index in [2.05, 4.69) is 0 Å². The number of rotatable bonds is 4. The molecule has 0 saturated heterocycles. The van der Waals surface area contributed by atoms with Crippen LogP contribution in [-0.2, 0) is 0 Å². The van der Waals surface area contributed by atoms with Crippen molar-refractivity contribution in [1.82, 2.24) is 0 Å². The molecule has 0 radical (unpaired) electrons. The number of halogens is 4. The molecule has 0 heterocycles. The van der Waals surface area contributed by atoms with Crippen molar-refractivity contribution in [3.63, 3.8) is 0 Å². The smallest absolute Gasteiger partial charge is 0.262 e. The van der Waals surface area contributed by atoms with Crippen LogP contribution < -0.4 is 4.90 Å². The zero-order valence-electron chi connectivity index (χ0n) is 15.5. The molecule has 0 aromatic heterocycles. The third kappa shape index (κ3) is 4.16. The van der Waals surface area contributed by atoms with Crippen LogP contribution in [0.4, 0.5) is 14.5 Å². The number of benzene rings is 3. The summed E-state index contributed by atoms with van der Waals surface area (Å²) < 4.78 is 28.9. The molecule has 3 nitrogen and oxygen atoms in total. The van der Waals surface area contributed by atoms with Crippen molar-refractivity contribution in [2.24, 2.45) is 0 Å². The fourth-order valence-electron chi connectivity index (χ4n) is 2.89. The summed E-state index contributed by atoms with van der Waals surface area (Å²) in [6.07, 6.45) is 0. The lowest BCUT2D eigenvalue weighted by Gasteiger charge is -2.20. The SMILES string of the molecule is CC(=O)c1ccc(Cl)c(-c2ccc(N(C)C(=O)c3c(F)cccc3Cl)c(F)c2)c1. The summed E-state index contributed by atoms with van der Waals surface area (Å²) in [5.41, 5.74) is 0.963. The van der Waals surface area contributed by atoms with Crippen LogP contribution >= 0.6 is 23.2 Å². The molecule has 3 aromatic rings. The molecule has 1 amide bonds. The van der Waals surface area contributed by atoms with Gasteiger partial charge < -0.3 is 4.90 Å². The van der Waals surface area contributed by atoms with Crippen LogP contribution in [-0.4, -0.2) is 18.7 Å². The number of ketones is 1. The fourth-order valence-corrected chi connectivity index (χ4v) is 3.36. The number of hydrogen-bond acceptors (Lipinski definition) is 2. The van der Waals surface area contributed by atoms with Gasteiger partial charge in [-0.1, -0.05) is 35.3 Å². The number of carbonyl (C=O) groups excluding carboxylic acids is 2. The first-order chi connectivity index (χ1) is 13.7. The number of hydrogen-bond donors (Lipinski definition) is 0. The molecule has 0 saturated carbocycles. The van der Waals surface area contributed by atoms with Gasteiger partial charge in [0.2, 0.25) is 0 Å². The van der Waals surface area contributed by atoms with Crippen LogP contribution in [0.1, 0.15) is 27.6 Å². The van der Waals surface area contributed by atoms with Crippen molar-refractivity contribution in [3.05, 3.63) is 87.4 Å². The lowest BCUT2D eigenvalue weighted by Crippen LogP contribution is -2.28. The highest BCUT2D eigenvalue weighted by atomic mass is 35.5. The number of anilines is 1. The molecule has 0 aliphatic heterocycles. The van der Waals surface area contributed by atoms with Gasteiger partial charge in [0.25, 0.3) is 5.91 Å². The summed E-state index contributed by atoms with van der Waals surface area (Å²) in [6.45, 7) is 1.42. The van der Waals surface area contributed by atoms with Crippen molar-refractivity contribution in [2.75, 3.05) is 11.9 Å². The van der Waals surface area contributed by atoms with Gasteiger partial charge in [-0.2, -0.15) is 0 Å². The second-order valence-electron chi connectivity index (χ2n) is 6.38.